The van der Waals surface area contributed by atoms with Crippen molar-refractivity contribution in [2.24, 2.45) is 12.1 Å². The number of hydrazone groups is 1. The smallest absolute Gasteiger partial charge is 0.275 e. The lowest BCUT2D eigenvalue weighted by Gasteiger charge is -2.06. The number of aryl methyl sites for hydroxylation is 1. The lowest BCUT2D eigenvalue weighted by molar-refractivity contribution is 0.0952. The van der Waals surface area contributed by atoms with Crippen LogP contribution >= 0.6 is 15.9 Å². The van der Waals surface area contributed by atoms with E-state index in [1.54, 1.807) is 30.7 Å². The summed E-state index contributed by atoms with van der Waals surface area (Å²) in [6.45, 7) is 1.65. The van der Waals surface area contributed by atoms with E-state index in [9.17, 15) is 18.7 Å². The lowest BCUT2D eigenvalue weighted by atomic mass is 10.2. The molecule has 3 aromatic rings. The van der Waals surface area contributed by atoms with Gasteiger partial charge in [-0.25, -0.2) is 14.2 Å². The number of halogens is 3. The summed E-state index contributed by atoms with van der Waals surface area (Å²) in [4.78, 5) is 12.2. The molecule has 0 aliphatic carbocycles. The third-order valence-electron chi connectivity index (χ3n) is 3.98. The first-order chi connectivity index (χ1) is 12.3. The van der Waals surface area contributed by atoms with Crippen molar-refractivity contribution in [3.8, 4) is 5.75 Å². The summed E-state index contributed by atoms with van der Waals surface area (Å²) < 4.78 is 29.1. The Kier molecular flexibility index (Phi) is 4.78. The van der Waals surface area contributed by atoms with Crippen LogP contribution in [0.2, 0.25) is 0 Å². The van der Waals surface area contributed by atoms with Gasteiger partial charge >= 0.3 is 0 Å². The van der Waals surface area contributed by atoms with Gasteiger partial charge in [0.05, 0.1) is 22.5 Å². The molecule has 2 N–H and O–H groups in total. The van der Waals surface area contributed by atoms with Crippen LogP contribution in [0.3, 0.4) is 0 Å². The van der Waals surface area contributed by atoms with Crippen LogP contribution in [-0.2, 0) is 7.05 Å². The molecule has 3 rings (SSSR count). The highest BCUT2D eigenvalue weighted by Crippen LogP contribution is 2.23. The first-order valence-corrected chi connectivity index (χ1v) is 8.35. The average Bonchev–Trinajstić information content (AvgIpc) is 2.91. The van der Waals surface area contributed by atoms with Gasteiger partial charge in [0, 0.05) is 23.0 Å². The number of rotatable bonds is 3. The summed E-state index contributed by atoms with van der Waals surface area (Å²) in [5, 5.41) is 14.3. The van der Waals surface area contributed by atoms with Crippen LogP contribution < -0.4 is 5.43 Å². The Hall–Kier alpha value is -2.74. The topological polar surface area (TPSA) is 66.6 Å². The van der Waals surface area contributed by atoms with Crippen molar-refractivity contribution >= 4 is 38.5 Å². The Morgan fingerprint density at radius 1 is 1.19 bits per heavy atom. The second-order valence-corrected chi connectivity index (χ2v) is 6.63. The third kappa shape index (κ3) is 3.32. The Morgan fingerprint density at radius 3 is 2.62 bits per heavy atom. The van der Waals surface area contributed by atoms with Crippen LogP contribution in [-0.4, -0.2) is 21.3 Å². The molecule has 1 aromatic heterocycles. The molecule has 2 aromatic carbocycles. The number of nitrogens with one attached hydrogen (secondary N) is 1. The van der Waals surface area contributed by atoms with Gasteiger partial charge < -0.3 is 9.67 Å². The number of nitrogens with zero attached hydrogens (tertiary/aromatic N) is 2. The highest BCUT2D eigenvalue weighted by Gasteiger charge is 2.14. The number of fused-ring (bicyclic) bond motifs is 1. The predicted octanol–water partition coefficient (Wildman–Crippen LogP) is 4.08. The van der Waals surface area contributed by atoms with Gasteiger partial charge in [-0.2, -0.15) is 5.10 Å². The molecule has 0 saturated heterocycles. The molecule has 1 amide bonds. The molecule has 0 bridgehead atoms. The van der Waals surface area contributed by atoms with Gasteiger partial charge in [0.1, 0.15) is 5.75 Å². The van der Waals surface area contributed by atoms with Crippen LogP contribution in [0.15, 0.2) is 46.0 Å². The van der Waals surface area contributed by atoms with Crippen LogP contribution in [0.4, 0.5) is 8.78 Å². The van der Waals surface area contributed by atoms with Gasteiger partial charge in [-0.05, 0) is 37.3 Å². The van der Waals surface area contributed by atoms with E-state index < -0.39 is 17.5 Å². The molecule has 0 unspecified atom stereocenters. The summed E-state index contributed by atoms with van der Waals surface area (Å²) >= 11 is 3.23. The lowest BCUT2D eigenvalue weighted by Crippen LogP contribution is -2.20. The number of carbonyl (C=O) groups is 1. The van der Waals surface area contributed by atoms with E-state index in [2.05, 4.69) is 26.5 Å². The third-order valence-corrected chi connectivity index (χ3v) is 4.48. The Labute approximate surface area is 156 Å². The van der Waals surface area contributed by atoms with E-state index in [1.807, 2.05) is 0 Å². The predicted molar refractivity (Wildman–Crippen MR) is 98.3 cm³/mol. The van der Waals surface area contributed by atoms with Gasteiger partial charge in [-0.3, -0.25) is 4.79 Å². The molecule has 0 aliphatic heterocycles. The molecule has 8 heteroatoms. The number of phenols is 1. The van der Waals surface area contributed by atoms with Crippen LogP contribution in [0.5, 0.6) is 5.75 Å². The minimum atomic E-state index is -0.932. The van der Waals surface area contributed by atoms with Crippen molar-refractivity contribution in [2.75, 3.05) is 0 Å². The second kappa shape index (κ2) is 6.87. The van der Waals surface area contributed by atoms with Crippen LogP contribution in [0, 0.1) is 11.6 Å². The fourth-order valence-corrected chi connectivity index (χ4v) is 2.98. The standard InChI is InChI=1S/C18H14BrF2N3O2/c1-9(22-23-18(26)12-7-11(19)3-4-17(12)25)15-6-10-5-13(20)14(21)8-16(10)24(15)2/h3-8,25H,1-2H3,(H,23,26)/b22-9+. The zero-order valence-corrected chi connectivity index (χ0v) is 15.4. The Balaban J connectivity index is 1.90. The molecule has 1 heterocycles. The monoisotopic (exact) mass is 421 g/mol. The van der Waals surface area contributed by atoms with Gasteiger partial charge in [0.15, 0.2) is 11.6 Å². The molecule has 0 saturated carbocycles. The maximum absolute atomic E-state index is 13.4. The van der Waals surface area contributed by atoms with Crippen molar-refractivity contribution in [3.05, 3.63) is 63.8 Å². The Bertz CT molecular complexity index is 1060. The number of carbonyl (C=O) groups excluding carboxylic acids is 1. The summed E-state index contributed by atoms with van der Waals surface area (Å²) in [5.41, 5.74) is 3.96. The second-order valence-electron chi connectivity index (χ2n) is 5.71. The van der Waals surface area contributed by atoms with E-state index in [1.165, 1.54) is 12.1 Å². The first kappa shape index (κ1) is 18.1. The Morgan fingerprint density at radius 2 is 1.88 bits per heavy atom. The van der Waals surface area contributed by atoms with Crippen molar-refractivity contribution in [1.29, 1.82) is 0 Å². The van der Waals surface area contributed by atoms with Crippen molar-refractivity contribution in [2.45, 2.75) is 6.92 Å². The summed E-state index contributed by atoms with van der Waals surface area (Å²) in [7, 11) is 1.69. The van der Waals surface area contributed by atoms with Gasteiger partial charge in [-0.1, -0.05) is 15.9 Å². The maximum Gasteiger partial charge on any atom is 0.275 e. The fraction of sp³-hybridized carbons (Fsp3) is 0.111. The van der Waals surface area contributed by atoms with E-state index in [-0.39, 0.29) is 11.3 Å². The number of phenolic OH excluding ortho intramolecular Hbond substituents is 1. The highest BCUT2D eigenvalue weighted by atomic mass is 79.9. The minimum absolute atomic E-state index is 0.0668. The van der Waals surface area contributed by atoms with E-state index in [0.717, 1.165) is 12.1 Å². The first-order valence-electron chi connectivity index (χ1n) is 7.56. The molecule has 0 spiro atoms. The summed E-state index contributed by atoms with van der Waals surface area (Å²) in [6.07, 6.45) is 0. The number of hydrogen-bond acceptors (Lipinski definition) is 3. The highest BCUT2D eigenvalue weighted by molar-refractivity contribution is 9.10. The molecule has 0 radical (unpaired) electrons. The molecule has 5 nitrogen and oxygen atoms in total. The SMILES string of the molecule is C/C(=N\NC(=O)c1cc(Br)ccc1O)c1cc2cc(F)c(F)cc2n1C. The van der Waals surface area contributed by atoms with Crippen molar-refractivity contribution in [3.63, 3.8) is 0 Å². The number of amides is 1. The van der Waals surface area contributed by atoms with Crippen molar-refractivity contribution in [1.82, 2.24) is 9.99 Å². The average molecular weight is 422 g/mol. The number of aromatic nitrogens is 1. The van der Waals surface area contributed by atoms with Crippen LogP contribution in [0.1, 0.15) is 23.0 Å². The number of benzene rings is 2. The molecule has 0 aliphatic rings. The zero-order valence-electron chi connectivity index (χ0n) is 13.8. The summed E-state index contributed by atoms with van der Waals surface area (Å²) in [5.74, 6) is -2.62. The zero-order chi connectivity index (χ0) is 19.0. The normalized spacial score (nSPS) is 11.8. The summed E-state index contributed by atoms with van der Waals surface area (Å²) in [6, 6.07) is 8.34. The quantitative estimate of drug-likeness (QED) is 0.494. The van der Waals surface area contributed by atoms with Crippen LogP contribution in [0.25, 0.3) is 10.9 Å². The molecule has 0 atom stereocenters. The minimum Gasteiger partial charge on any atom is -0.507 e. The number of aromatic hydroxyl groups is 1. The molecular weight excluding hydrogens is 408 g/mol. The molecule has 26 heavy (non-hydrogen) atoms. The largest absolute Gasteiger partial charge is 0.507 e. The van der Waals surface area contributed by atoms with E-state index in [4.69, 9.17) is 0 Å². The molecule has 0 fully saturated rings. The van der Waals surface area contributed by atoms with Crippen molar-refractivity contribution < 1.29 is 18.7 Å². The van der Waals surface area contributed by atoms with E-state index in [0.29, 0.717) is 26.8 Å². The van der Waals surface area contributed by atoms with Gasteiger partial charge in [0.25, 0.3) is 5.91 Å². The maximum atomic E-state index is 13.4. The van der Waals surface area contributed by atoms with Gasteiger partial charge in [-0.15, -0.1) is 0 Å². The molecule has 134 valence electrons. The van der Waals surface area contributed by atoms with Gasteiger partial charge in [0.2, 0.25) is 0 Å². The number of hydrogen-bond donors (Lipinski definition) is 2. The molecular formula is C18H14BrF2N3O2. The fourth-order valence-electron chi connectivity index (χ4n) is 2.62. The van der Waals surface area contributed by atoms with E-state index >= 15 is 0 Å².